The van der Waals surface area contributed by atoms with Crippen LogP contribution in [-0.2, 0) is 9.13 Å². The predicted octanol–water partition coefficient (Wildman–Crippen LogP) is -2.40. The Morgan fingerprint density at radius 2 is 1.42 bits per heavy atom. The molecule has 0 saturated carbocycles. The van der Waals surface area contributed by atoms with Gasteiger partial charge in [-0.1, -0.05) is 0 Å². The Morgan fingerprint density at radius 3 is 1.74 bits per heavy atom. The maximum absolute atomic E-state index is 11.2. The fraction of sp³-hybridized carbons (Fsp3) is 1.00. The quantitative estimate of drug-likeness (QED) is 0.328. The lowest BCUT2D eigenvalue weighted by atomic mass is 10.1. The van der Waals surface area contributed by atoms with Gasteiger partial charge in [0.15, 0.2) is 0 Å². The van der Waals surface area contributed by atoms with Gasteiger partial charge in [-0.25, -0.2) is 0 Å². The molecule has 4 N–H and O–H groups in total. The fourth-order valence-electron chi connectivity index (χ4n) is 1.91. The summed E-state index contributed by atoms with van der Waals surface area (Å²) in [5.41, 5.74) is 0. The number of halogens is 1. The van der Waals surface area contributed by atoms with Gasteiger partial charge in [-0.05, 0) is 0 Å². The van der Waals surface area contributed by atoms with Crippen LogP contribution in [0.15, 0.2) is 0 Å². The molecular formula is C8H20ClNO6P2S. The van der Waals surface area contributed by atoms with Crippen molar-refractivity contribution >= 4 is 27.0 Å². The zero-order valence-corrected chi connectivity index (χ0v) is 14.1. The molecule has 19 heavy (non-hydrogen) atoms. The van der Waals surface area contributed by atoms with Crippen LogP contribution in [0, 0.1) is 0 Å². The molecule has 1 aliphatic heterocycles. The van der Waals surface area contributed by atoms with Crippen LogP contribution in [0.2, 0.25) is 0 Å². The highest BCUT2D eigenvalue weighted by Crippen LogP contribution is 2.65. The maximum Gasteiger partial charge on any atom is 0.350 e. The Kier molecular flexibility index (Phi) is 7.09. The maximum atomic E-state index is 11.2. The molecule has 0 aromatic rings. The summed E-state index contributed by atoms with van der Waals surface area (Å²) < 4.78 is 21.2. The Hall–Kier alpha value is 0.900. The average Bonchev–Trinajstić information content (AvgIpc) is 2.12. The molecule has 0 spiro atoms. The molecule has 11 heteroatoms. The van der Waals surface area contributed by atoms with E-state index in [-0.39, 0.29) is 17.7 Å². The van der Waals surface area contributed by atoms with E-state index in [0.717, 1.165) is 29.3 Å². The van der Waals surface area contributed by atoms with E-state index in [2.05, 4.69) is 14.1 Å². The third-order valence-electron chi connectivity index (χ3n) is 3.00. The number of likely N-dealkylation sites (tertiary alicyclic amines) is 1. The highest BCUT2D eigenvalue weighted by atomic mass is 35.5. The van der Waals surface area contributed by atoms with Crippen molar-refractivity contribution in [3.05, 3.63) is 0 Å². The van der Waals surface area contributed by atoms with Crippen molar-refractivity contribution in [1.82, 2.24) is 0 Å². The Labute approximate surface area is 123 Å². The number of thioether (sulfide) groups is 1. The first-order valence-electron chi connectivity index (χ1n) is 5.50. The average molecular weight is 356 g/mol. The largest absolute Gasteiger partial charge is 1.00 e. The molecule has 1 aliphatic rings. The zero-order valence-electron chi connectivity index (χ0n) is 10.7. The molecule has 0 aromatic heterocycles. The third-order valence-corrected chi connectivity index (χ3v) is 9.44. The van der Waals surface area contributed by atoms with Crippen molar-refractivity contribution in [1.29, 1.82) is 0 Å². The SMILES string of the molecule is C[N+]1(C)CCC(SC(P(=O)(O)O)P(=O)(O)O)CC1.[Cl-]. The molecule has 0 aliphatic carbocycles. The summed E-state index contributed by atoms with van der Waals surface area (Å²) in [6.45, 7) is 1.68. The van der Waals surface area contributed by atoms with E-state index in [1.54, 1.807) is 0 Å². The summed E-state index contributed by atoms with van der Waals surface area (Å²) in [4.78, 5) is 36.2. The molecule has 0 radical (unpaired) electrons. The van der Waals surface area contributed by atoms with Gasteiger partial charge in [0.1, 0.15) is 0 Å². The molecule has 7 nitrogen and oxygen atoms in total. The van der Waals surface area contributed by atoms with Gasteiger partial charge >= 0.3 is 15.2 Å². The van der Waals surface area contributed by atoms with Crippen LogP contribution in [0.4, 0.5) is 0 Å². The minimum atomic E-state index is -4.80. The summed E-state index contributed by atoms with van der Waals surface area (Å²) in [6.07, 6.45) is 1.41. The first-order chi connectivity index (χ1) is 7.92. The second-order valence-electron chi connectivity index (χ2n) is 5.22. The summed E-state index contributed by atoms with van der Waals surface area (Å²) >= 11 is 0.744. The van der Waals surface area contributed by atoms with Crippen molar-refractivity contribution in [2.75, 3.05) is 27.2 Å². The van der Waals surface area contributed by atoms with Crippen molar-refractivity contribution in [3.63, 3.8) is 0 Å². The monoisotopic (exact) mass is 355 g/mol. The Bertz CT molecular complexity index is 365. The van der Waals surface area contributed by atoms with Crippen LogP contribution in [0.5, 0.6) is 0 Å². The van der Waals surface area contributed by atoms with E-state index < -0.39 is 19.9 Å². The Balaban J connectivity index is 0.00000324. The van der Waals surface area contributed by atoms with Crippen LogP contribution < -0.4 is 12.4 Å². The smallest absolute Gasteiger partial charge is 0.350 e. The molecule has 0 unspecified atom stereocenters. The minimum Gasteiger partial charge on any atom is -1.00 e. The normalized spacial score (nSPS) is 21.2. The lowest BCUT2D eigenvalue weighted by Crippen LogP contribution is -3.00. The molecule has 1 heterocycles. The van der Waals surface area contributed by atoms with Gasteiger partial charge in [-0.15, -0.1) is 11.8 Å². The molecule has 1 fully saturated rings. The van der Waals surface area contributed by atoms with Gasteiger partial charge in [0.25, 0.3) is 0 Å². The van der Waals surface area contributed by atoms with E-state index in [9.17, 15) is 9.13 Å². The molecule has 0 bridgehead atoms. The van der Waals surface area contributed by atoms with Crippen molar-refractivity contribution in [2.24, 2.45) is 0 Å². The standard InChI is InChI=1S/C8H19NO6P2S.ClH/c1-9(2)5-3-7(4-6-9)18-8(16(10,11)12)17(13,14)15;/h7-8H,3-6H2,1-2H3,(H3-,10,11,12,13,14,15);1H. The topological polar surface area (TPSA) is 115 Å². The zero-order chi connectivity index (χ0) is 14.2. The van der Waals surface area contributed by atoms with Crippen LogP contribution in [0.3, 0.4) is 0 Å². The van der Waals surface area contributed by atoms with Crippen LogP contribution in [0.25, 0.3) is 0 Å². The summed E-state index contributed by atoms with van der Waals surface area (Å²) in [6, 6.07) is 0. The van der Waals surface area contributed by atoms with E-state index >= 15 is 0 Å². The van der Waals surface area contributed by atoms with E-state index in [4.69, 9.17) is 19.6 Å². The lowest BCUT2D eigenvalue weighted by Gasteiger charge is -2.37. The molecule has 0 aromatic carbocycles. The highest BCUT2D eigenvalue weighted by Gasteiger charge is 2.46. The van der Waals surface area contributed by atoms with E-state index in [0.29, 0.717) is 12.8 Å². The van der Waals surface area contributed by atoms with Gasteiger partial charge in [-0.3, -0.25) is 9.13 Å². The summed E-state index contributed by atoms with van der Waals surface area (Å²) in [7, 11) is -5.48. The van der Waals surface area contributed by atoms with Crippen LogP contribution in [0.1, 0.15) is 12.8 Å². The van der Waals surface area contributed by atoms with Gasteiger partial charge < -0.3 is 36.5 Å². The minimum absolute atomic E-state index is 0. The fourth-order valence-corrected chi connectivity index (χ4v) is 6.60. The molecule has 116 valence electrons. The molecule has 0 atom stereocenters. The first-order valence-corrected chi connectivity index (χ1v) is 9.80. The summed E-state index contributed by atoms with van der Waals surface area (Å²) in [5, 5.41) is -0.110. The number of piperidine rings is 1. The van der Waals surface area contributed by atoms with Gasteiger partial charge in [-0.2, -0.15) is 0 Å². The summed E-state index contributed by atoms with van der Waals surface area (Å²) in [5.74, 6) is 0. The number of nitrogens with zero attached hydrogens (tertiary/aromatic N) is 1. The number of quaternary nitrogens is 1. The third kappa shape index (κ3) is 6.46. The number of hydrogen-bond acceptors (Lipinski definition) is 3. The van der Waals surface area contributed by atoms with Crippen LogP contribution in [-0.4, -0.2) is 61.2 Å². The second kappa shape index (κ2) is 6.77. The van der Waals surface area contributed by atoms with Crippen molar-refractivity contribution in [3.8, 4) is 0 Å². The molecule has 1 rings (SSSR count). The van der Waals surface area contributed by atoms with Crippen molar-refractivity contribution in [2.45, 2.75) is 22.8 Å². The van der Waals surface area contributed by atoms with E-state index in [1.807, 2.05) is 0 Å². The second-order valence-corrected chi connectivity index (χ2v) is 11.1. The molecule has 1 saturated heterocycles. The number of hydrogen-bond donors (Lipinski definition) is 4. The number of rotatable bonds is 4. The van der Waals surface area contributed by atoms with E-state index in [1.165, 1.54) is 0 Å². The van der Waals surface area contributed by atoms with Crippen LogP contribution >= 0.6 is 27.0 Å². The molecular weight excluding hydrogens is 336 g/mol. The van der Waals surface area contributed by atoms with Gasteiger partial charge in [0.05, 0.1) is 27.2 Å². The molecule has 0 amide bonds. The lowest BCUT2D eigenvalue weighted by molar-refractivity contribution is -0.894. The highest BCUT2D eigenvalue weighted by molar-refractivity contribution is 8.12. The van der Waals surface area contributed by atoms with Gasteiger partial charge in [0, 0.05) is 18.1 Å². The first kappa shape index (κ1) is 19.9. The van der Waals surface area contributed by atoms with Crippen molar-refractivity contribution < 1.29 is 45.6 Å². The Morgan fingerprint density at radius 1 is 1.05 bits per heavy atom. The van der Waals surface area contributed by atoms with Gasteiger partial charge in [0.2, 0.25) is 4.73 Å². The predicted molar refractivity (Wildman–Crippen MR) is 70.3 cm³/mol.